The average molecular weight is 376 g/mol. The molecule has 3 rings (SSSR count). The quantitative estimate of drug-likeness (QED) is 0.813. The van der Waals surface area contributed by atoms with Gasteiger partial charge in [-0.1, -0.05) is 0 Å². The van der Waals surface area contributed by atoms with Gasteiger partial charge in [0.05, 0.1) is 18.7 Å². The van der Waals surface area contributed by atoms with E-state index in [0.29, 0.717) is 22.9 Å². The Morgan fingerprint density at radius 1 is 1.35 bits per heavy atom. The molecule has 0 bridgehead atoms. The van der Waals surface area contributed by atoms with Crippen LogP contribution in [0, 0.1) is 5.92 Å². The molecule has 8 nitrogen and oxygen atoms in total. The van der Waals surface area contributed by atoms with Crippen molar-refractivity contribution in [2.75, 3.05) is 30.4 Å². The van der Waals surface area contributed by atoms with Gasteiger partial charge in [-0.2, -0.15) is 5.10 Å². The molecule has 1 saturated heterocycles. The molecule has 1 aliphatic rings. The van der Waals surface area contributed by atoms with Crippen LogP contribution in [-0.4, -0.2) is 41.9 Å². The molecule has 2 aromatic rings. The highest BCUT2D eigenvalue weighted by atomic mass is 32.1. The summed E-state index contributed by atoms with van der Waals surface area (Å²) in [6.45, 7) is 1.29. The van der Waals surface area contributed by atoms with Crippen molar-refractivity contribution >= 4 is 34.7 Å². The number of thiophene rings is 1. The number of carbonyl (C=O) groups is 2. The average Bonchev–Trinajstić information content (AvgIpc) is 3.11. The fourth-order valence-electron chi connectivity index (χ4n) is 2.95. The summed E-state index contributed by atoms with van der Waals surface area (Å²) in [7, 11) is 2.91. The summed E-state index contributed by atoms with van der Waals surface area (Å²) >= 11 is 1.23. The van der Waals surface area contributed by atoms with Gasteiger partial charge in [-0.3, -0.25) is 9.59 Å². The molecule has 138 valence electrons. The van der Waals surface area contributed by atoms with Crippen LogP contribution in [0.2, 0.25) is 0 Å². The van der Waals surface area contributed by atoms with Gasteiger partial charge in [0.15, 0.2) is 0 Å². The van der Waals surface area contributed by atoms with Crippen molar-refractivity contribution in [3.8, 4) is 0 Å². The monoisotopic (exact) mass is 376 g/mol. The first-order valence-electron chi connectivity index (χ1n) is 8.25. The number of esters is 1. The number of piperidine rings is 1. The van der Waals surface area contributed by atoms with Gasteiger partial charge in [0, 0.05) is 26.2 Å². The largest absolute Gasteiger partial charge is 0.465 e. The van der Waals surface area contributed by atoms with Crippen molar-refractivity contribution < 1.29 is 14.3 Å². The number of amides is 1. The Morgan fingerprint density at radius 3 is 2.88 bits per heavy atom. The van der Waals surface area contributed by atoms with E-state index in [1.807, 2.05) is 4.90 Å². The summed E-state index contributed by atoms with van der Waals surface area (Å²) in [4.78, 5) is 38.3. The zero-order chi connectivity index (χ0) is 18.7. The number of methoxy groups -OCH3 is 1. The van der Waals surface area contributed by atoms with Crippen LogP contribution in [0.5, 0.6) is 0 Å². The number of aromatic nitrogens is 2. The molecule has 0 unspecified atom stereocenters. The molecule has 1 amide bonds. The summed E-state index contributed by atoms with van der Waals surface area (Å²) in [5, 5.41) is 8.83. The molecule has 1 N–H and O–H groups in total. The molecule has 0 aliphatic carbocycles. The SMILES string of the molecule is COC(=O)c1sccc1NC(=O)[C@@H]1CCCN(c2ccc(=O)n(C)n2)C1. The number of carbonyl (C=O) groups excluding carboxylic acids is 2. The van der Waals surface area contributed by atoms with E-state index in [-0.39, 0.29) is 17.4 Å². The summed E-state index contributed by atoms with van der Waals surface area (Å²) in [6.07, 6.45) is 1.60. The summed E-state index contributed by atoms with van der Waals surface area (Å²) in [5.74, 6) is -0.151. The highest BCUT2D eigenvalue weighted by Gasteiger charge is 2.28. The molecule has 9 heteroatoms. The molecule has 3 heterocycles. The highest BCUT2D eigenvalue weighted by Crippen LogP contribution is 2.26. The van der Waals surface area contributed by atoms with E-state index < -0.39 is 5.97 Å². The molecule has 2 aromatic heterocycles. The third kappa shape index (κ3) is 3.77. The summed E-state index contributed by atoms with van der Waals surface area (Å²) in [5.41, 5.74) is 0.303. The molecule has 0 aromatic carbocycles. The second-order valence-electron chi connectivity index (χ2n) is 6.08. The van der Waals surface area contributed by atoms with E-state index in [2.05, 4.69) is 10.4 Å². The lowest BCUT2D eigenvalue weighted by Crippen LogP contribution is -2.41. The molecule has 1 atom stereocenters. The molecule has 0 spiro atoms. The minimum absolute atomic E-state index is 0.136. The molecular weight excluding hydrogens is 356 g/mol. The lowest BCUT2D eigenvalue weighted by Gasteiger charge is -2.32. The van der Waals surface area contributed by atoms with Crippen molar-refractivity contribution in [1.29, 1.82) is 0 Å². The third-order valence-corrected chi connectivity index (χ3v) is 5.25. The van der Waals surface area contributed by atoms with E-state index in [0.717, 1.165) is 19.4 Å². The lowest BCUT2D eigenvalue weighted by molar-refractivity contribution is -0.120. The van der Waals surface area contributed by atoms with E-state index in [9.17, 15) is 14.4 Å². The van der Waals surface area contributed by atoms with Crippen LogP contribution in [0.25, 0.3) is 0 Å². The smallest absolute Gasteiger partial charge is 0.350 e. The van der Waals surface area contributed by atoms with E-state index in [4.69, 9.17) is 4.74 Å². The van der Waals surface area contributed by atoms with Gasteiger partial charge in [-0.15, -0.1) is 11.3 Å². The summed E-state index contributed by atoms with van der Waals surface area (Å²) < 4.78 is 6.02. The van der Waals surface area contributed by atoms with E-state index in [1.54, 1.807) is 24.6 Å². The Bertz CT molecular complexity index is 876. The maximum absolute atomic E-state index is 12.7. The fraction of sp³-hybridized carbons (Fsp3) is 0.412. The van der Waals surface area contributed by atoms with Gasteiger partial charge >= 0.3 is 5.97 Å². The van der Waals surface area contributed by atoms with E-state index in [1.165, 1.54) is 29.2 Å². The van der Waals surface area contributed by atoms with Gasteiger partial charge in [0.1, 0.15) is 10.7 Å². The number of nitrogens with zero attached hydrogens (tertiary/aromatic N) is 3. The Balaban J connectivity index is 1.70. The number of rotatable bonds is 4. The van der Waals surface area contributed by atoms with Crippen molar-refractivity contribution in [2.45, 2.75) is 12.8 Å². The predicted octanol–water partition coefficient (Wildman–Crippen LogP) is 1.48. The number of ether oxygens (including phenoxy) is 1. The van der Waals surface area contributed by atoms with Crippen molar-refractivity contribution in [3.05, 3.63) is 38.8 Å². The minimum Gasteiger partial charge on any atom is -0.465 e. The van der Waals surface area contributed by atoms with E-state index >= 15 is 0 Å². The first kappa shape index (κ1) is 18.1. The number of aryl methyl sites for hydroxylation is 1. The first-order chi connectivity index (χ1) is 12.5. The normalized spacial score (nSPS) is 17.0. The van der Waals surface area contributed by atoms with Crippen molar-refractivity contribution in [2.24, 2.45) is 13.0 Å². The fourth-order valence-corrected chi connectivity index (χ4v) is 3.72. The van der Waals surface area contributed by atoms with Gasteiger partial charge in [0.25, 0.3) is 5.56 Å². The maximum Gasteiger partial charge on any atom is 0.350 e. The van der Waals surface area contributed by atoms with Crippen LogP contribution in [0.15, 0.2) is 28.4 Å². The van der Waals surface area contributed by atoms with Crippen LogP contribution in [0.4, 0.5) is 11.5 Å². The Kier molecular flexibility index (Phi) is 5.36. The zero-order valence-corrected chi connectivity index (χ0v) is 15.4. The van der Waals surface area contributed by atoms with Gasteiger partial charge in [0.2, 0.25) is 5.91 Å². The molecule has 26 heavy (non-hydrogen) atoms. The number of nitrogens with one attached hydrogen (secondary N) is 1. The highest BCUT2D eigenvalue weighted by molar-refractivity contribution is 7.12. The maximum atomic E-state index is 12.7. The number of hydrogen-bond acceptors (Lipinski definition) is 7. The summed E-state index contributed by atoms with van der Waals surface area (Å²) in [6, 6.07) is 4.85. The molecule has 0 saturated carbocycles. The van der Waals surface area contributed by atoms with Crippen LogP contribution in [0.1, 0.15) is 22.5 Å². The topological polar surface area (TPSA) is 93.5 Å². The second-order valence-corrected chi connectivity index (χ2v) is 7.00. The van der Waals surface area contributed by atoms with Crippen molar-refractivity contribution in [1.82, 2.24) is 9.78 Å². The Morgan fingerprint density at radius 2 is 2.15 bits per heavy atom. The van der Waals surface area contributed by atoms with Crippen LogP contribution < -0.4 is 15.8 Å². The standard InChI is InChI=1S/C17H20N4O4S/c1-20-14(22)6-5-13(19-20)21-8-3-4-11(10-21)16(23)18-12-7-9-26-15(12)17(24)25-2/h5-7,9,11H,3-4,8,10H2,1-2H3,(H,18,23)/t11-/m1/s1. The predicted molar refractivity (Wildman–Crippen MR) is 98.7 cm³/mol. The van der Waals surface area contributed by atoms with Crippen LogP contribution in [0.3, 0.4) is 0 Å². The third-order valence-electron chi connectivity index (χ3n) is 4.36. The van der Waals surface area contributed by atoms with Gasteiger partial charge < -0.3 is 15.0 Å². The molecular formula is C17H20N4O4S. The molecule has 1 fully saturated rings. The van der Waals surface area contributed by atoms with Gasteiger partial charge in [-0.25, -0.2) is 9.48 Å². The van der Waals surface area contributed by atoms with Crippen molar-refractivity contribution in [3.63, 3.8) is 0 Å². The number of anilines is 2. The van der Waals surface area contributed by atoms with Crippen LogP contribution in [-0.2, 0) is 16.6 Å². The lowest BCUT2D eigenvalue weighted by atomic mass is 9.97. The number of hydrogen-bond donors (Lipinski definition) is 1. The Hall–Kier alpha value is -2.68. The second kappa shape index (κ2) is 7.69. The zero-order valence-electron chi connectivity index (χ0n) is 14.6. The molecule has 1 aliphatic heterocycles. The first-order valence-corrected chi connectivity index (χ1v) is 9.13. The van der Waals surface area contributed by atoms with Gasteiger partial charge in [-0.05, 0) is 30.4 Å². The van der Waals surface area contributed by atoms with Crippen LogP contribution >= 0.6 is 11.3 Å². The molecule has 0 radical (unpaired) electrons. The Labute approximate surface area is 154 Å². The minimum atomic E-state index is -0.463.